The average Bonchev–Trinajstić information content (AvgIpc) is 2.58. The normalized spacial score (nSPS) is 24.0. The number of rotatable bonds is 2. The summed E-state index contributed by atoms with van der Waals surface area (Å²) >= 11 is 0. The van der Waals surface area contributed by atoms with E-state index in [2.05, 4.69) is 9.97 Å². The van der Waals surface area contributed by atoms with Crippen molar-refractivity contribution in [2.75, 3.05) is 19.3 Å². The van der Waals surface area contributed by atoms with Gasteiger partial charge in [0.15, 0.2) is 0 Å². The van der Waals surface area contributed by atoms with Crippen LogP contribution in [0.3, 0.4) is 0 Å². The molecule has 0 spiro atoms. The van der Waals surface area contributed by atoms with Crippen molar-refractivity contribution in [2.45, 2.75) is 71.1 Å². The third-order valence-corrected chi connectivity index (χ3v) is 6.55. The fourth-order valence-electron chi connectivity index (χ4n) is 3.91. The molecule has 28 heavy (non-hydrogen) atoms. The van der Waals surface area contributed by atoms with Gasteiger partial charge in [-0.25, -0.2) is 27.5 Å². The molecule has 9 heteroatoms. The highest BCUT2D eigenvalue weighted by Gasteiger charge is 2.35. The number of piperidine rings is 1. The summed E-state index contributed by atoms with van der Waals surface area (Å²) in [5.74, 6) is 0.00844. The standard InChI is InChI=1S/C19H30N4O4S/c1-13-9-16-15(11-23(13)18(24)27-19(2,3)4)17(21-12-20-16)14-7-6-8-22(10-14)28(5,25)26/h12-14H,6-11H2,1-5H3/t13-,14?/m1/s1. The van der Waals surface area contributed by atoms with Crippen molar-refractivity contribution in [1.29, 1.82) is 0 Å². The van der Waals surface area contributed by atoms with E-state index in [0.29, 0.717) is 26.1 Å². The number of ether oxygens (including phenoxy) is 1. The number of sulfonamides is 1. The summed E-state index contributed by atoms with van der Waals surface area (Å²) in [4.78, 5) is 23.4. The van der Waals surface area contributed by atoms with Gasteiger partial charge < -0.3 is 9.64 Å². The van der Waals surface area contributed by atoms with Crippen molar-refractivity contribution in [1.82, 2.24) is 19.2 Å². The second-order valence-electron chi connectivity index (χ2n) is 8.81. The third kappa shape index (κ3) is 4.63. The summed E-state index contributed by atoms with van der Waals surface area (Å²) in [6.07, 6.45) is 4.76. The minimum atomic E-state index is -3.24. The maximum atomic E-state index is 12.7. The fraction of sp³-hybridized carbons (Fsp3) is 0.737. The fourth-order valence-corrected chi connectivity index (χ4v) is 4.82. The SMILES string of the molecule is C[C@@H]1Cc2ncnc(C3CCCN(S(C)(=O)=O)C3)c2CN1C(=O)OC(C)(C)C. The van der Waals surface area contributed by atoms with E-state index in [1.165, 1.54) is 10.6 Å². The van der Waals surface area contributed by atoms with Crippen LogP contribution in [0, 0.1) is 0 Å². The van der Waals surface area contributed by atoms with Gasteiger partial charge in [0.25, 0.3) is 0 Å². The Morgan fingerprint density at radius 3 is 2.64 bits per heavy atom. The van der Waals surface area contributed by atoms with Crippen molar-refractivity contribution in [3.63, 3.8) is 0 Å². The average molecular weight is 411 g/mol. The smallest absolute Gasteiger partial charge is 0.410 e. The summed E-state index contributed by atoms with van der Waals surface area (Å²) in [5, 5.41) is 0. The number of carbonyl (C=O) groups is 1. The van der Waals surface area contributed by atoms with Crippen LogP contribution >= 0.6 is 0 Å². The molecule has 1 amide bonds. The van der Waals surface area contributed by atoms with Crippen molar-refractivity contribution in [3.8, 4) is 0 Å². The molecule has 0 saturated carbocycles. The molecule has 0 aliphatic carbocycles. The molecule has 1 aromatic rings. The van der Waals surface area contributed by atoms with Crippen molar-refractivity contribution in [3.05, 3.63) is 23.3 Å². The molecule has 3 heterocycles. The van der Waals surface area contributed by atoms with Gasteiger partial charge in [0.1, 0.15) is 11.9 Å². The molecule has 8 nitrogen and oxygen atoms in total. The number of fused-ring (bicyclic) bond motifs is 1. The van der Waals surface area contributed by atoms with Crippen LogP contribution in [-0.2, 0) is 27.7 Å². The van der Waals surface area contributed by atoms with Crippen LogP contribution in [0.1, 0.15) is 63.4 Å². The highest BCUT2D eigenvalue weighted by Crippen LogP contribution is 2.33. The van der Waals surface area contributed by atoms with Crippen LogP contribution in [0.2, 0.25) is 0 Å². The molecule has 1 fully saturated rings. The van der Waals surface area contributed by atoms with Crippen LogP contribution < -0.4 is 0 Å². The molecule has 0 bridgehead atoms. The van der Waals surface area contributed by atoms with Crippen molar-refractivity contribution < 1.29 is 17.9 Å². The summed E-state index contributed by atoms with van der Waals surface area (Å²) in [6, 6.07) is -0.0241. The summed E-state index contributed by atoms with van der Waals surface area (Å²) in [5.41, 5.74) is 2.17. The zero-order valence-electron chi connectivity index (χ0n) is 17.3. The Morgan fingerprint density at radius 1 is 1.29 bits per heavy atom. The van der Waals surface area contributed by atoms with Gasteiger partial charge in [-0.05, 0) is 40.5 Å². The van der Waals surface area contributed by atoms with Crippen LogP contribution in [0.25, 0.3) is 0 Å². The Balaban J connectivity index is 1.88. The number of hydrogen-bond donors (Lipinski definition) is 0. The van der Waals surface area contributed by atoms with E-state index < -0.39 is 15.6 Å². The second kappa shape index (κ2) is 7.59. The molecule has 1 unspecified atom stereocenters. The molecule has 1 aromatic heterocycles. The van der Waals surface area contributed by atoms with Crippen LogP contribution in [0.4, 0.5) is 4.79 Å². The maximum Gasteiger partial charge on any atom is 0.410 e. The Morgan fingerprint density at radius 2 is 2.00 bits per heavy atom. The van der Waals surface area contributed by atoms with E-state index in [0.717, 1.165) is 29.8 Å². The van der Waals surface area contributed by atoms with E-state index in [-0.39, 0.29) is 18.1 Å². The molecule has 3 rings (SSSR count). The minimum Gasteiger partial charge on any atom is -0.444 e. The van der Waals surface area contributed by atoms with E-state index in [4.69, 9.17) is 4.74 Å². The first kappa shape index (κ1) is 21.0. The lowest BCUT2D eigenvalue weighted by Gasteiger charge is -2.37. The maximum absolute atomic E-state index is 12.7. The van der Waals surface area contributed by atoms with Gasteiger partial charge in [-0.2, -0.15) is 0 Å². The Hall–Kier alpha value is -1.74. The van der Waals surface area contributed by atoms with Gasteiger partial charge >= 0.3 is 6.09 Å². The Kier molecular flexibility index (Phi) is 5.69. The molecule has 2 atom stereocenters. The predicted molar refractivity (Wildman–Crippen MR) is 105 cm³/mol. The molecule has 2 aliphatic rings. The first-order valence-corrected chi connectivity index (χ1v) is 11.6. The molecule has 0 aromatic carbocycles. The van der Waals surface area contributed by atoms with Crippen molar-refractivity contribution in [2.24, 2.45) is 0 Å². The number of amides is 1. The van der Waals surface area contributed by atoms with Gasteiger partial charge in [-0.3, -0.25) is 0 Å². The van der Waals surface area contributed by atoms with E-state index in [1.54, 1.807) is 11.2 Å². The van der Waals surface area contributed by atoms with Gasteiger partial charge in [0.05, 0.1) is 24.2 Å². The lowest BCUT2D eigenvalue weighted by atomic mass is 9.89. The minimum absolute atomic E-state index is 0.00844. The summed E-state index contributed by atoms with van der Waals surface area (Å²) < 4.78 is 31.1. The number of nitrogens with zero attached hydrogens (tertiary/aromatic N) is 4. The van der Waals surface area contributed by atoms with Crippen LogP contribution in [-0.4, -0.2) is 64.7 Å². The number of carbonyl (C=O) groups excluding carboxylic acids is 1. The topological polar surface area (TPSA) is 92.7 Å². The lowest BCUT2D eigenvalue weighted by molar-refractivity contribution is 0.0134. The first-order valence-electron chi connectivity index (χ1n) is 9.73. The molecule has 0 N–H and O–H groups in total. The monoisotopic (exact) mass is 410 g/mol. The van der Waals surface area contributed by atoms with Gasteiger partial charge in [0, 0.05) is 37.0 Å². The first-order chi connectivity index (χ1) is 13.0. The van der Waals surface area contributed by atoms with E-state index in [9.17, 15) is 13.2 Å². The molecular weight excluding hydrogens is 380 g/mol. The molecule has 2 aliphatic heterocycles. The number of hydrogen-bond acceptors (Lipinski definition) is 6. The van der Waals surface area contributed by atoms with Gasteiger partial charge in [0.2, 0.25) is 10.0 Å². The van der Waals surface area contributed by atoms with Gasteiger partial charge in [-0.1, -0.05) is 0 Å². The highest BCUT2D eigenvalue weighted by atomic mass is 32.2. The van der Waals surface area contributed by atoms with Crippen molar-refractivity contribution >= 4 is 16.1 Å². The molecular formula is C19H30N4O4S. The molecule has 0 radical (unpaired) electrons. The summed E-state index contributed by atoms with van der Waals surface area (Å²) in [6.45, 7) is 8.89. The Bertz CT molecular complexity index is 850. The van der Waals surface area contributed by atoms with E-state index >= 15 is 0 Å². The number of aromatic nitrogens is 2. The quantitative estimate of drug-likeness (QED) is 0.743. The zero-order chi connectivity index (χ0) is 20.7. The zero-order valence-corrected chi connectivity index (χ0v) is 18.1. The Labute approximate surface area is 167 Å². The van der Waals surface area contributed by atoms with Crippen LogP contribution in [0.15, 0.2) is 6.33 Å². The predicted octanol–water partition coefficient (Wildman–Crippen LogP) is 2.30. The largest absolute Gasteiger partial charge is 0.444 e. The van der Waals surface area contributed by atoms with E-state index in [1.807, 2.05) is 27.7 Å². The highest BCUT2D eigenvalue weighted by molar-refractivity contribution is 7.88. The van der Waals surface area contributed by atoms with Gasteiger partial charge in [-0.15, -0.1) is 0 Å². The summed E-state index contributed by atoms with van der Waals surface area (Å²) in [7, 11) is -3.24. The second-order valence-corrected chi connectivity index (χ2v) is 10.8. The molecule has 1 saturated heterocycles. The lowest BCUT2D eigenvalue weighted by Crippen LogP contribution is -2.46. The molecule has 156 valence electrons. The third-order valence-electron chi connectivity index (χ3n) is 5.29. The van der Waals surface area contributed by atoms with Crippen LogP contribution in [0.5, 0.6) is 0 Å².